The first kappa shape index (κ1) is 26.9. The fraction of sp³-hybridized carbons (Fsp3) is 0.515. The van der Waals surface area contributed by atoms with Gasteiger partial charge in [0, 0.05) is 49.6 Å². The second kappa shape index (κ2) is 10.1. The van der Waals surface area contributed by atoms with E-state index in [1.807, 2.05) is 6.92 Å². The number of hydrogen-bond acceptors (Lipinski definition) is 7. The quantitative estimate of drug-likeness (QED) is 0.366. The van der Waals surface area contributed by atoms with E-state index in [9.17, 15) is 9.90 Å². The van der Waals surface area contributed by atoms with Gasteiger partial charge in [0.1, 0.15) is 12.4 Å². The lowest BCUT2D eigenvalue weighted by Crippen LogP contribution is -2.71. The van der Waals surface area contributed by atoms with Crippen molar-refractivity contribution in [3.8, 4) is 17.0 Å². The summed E-state index contributed by atoms with van der Waals surface area (Å²) in [6, 6.07) is 13.0. The van der Waals surface area contributed by atoms with Crippen LogP contribution in [-0.4, -0.2) is 60.4 Å². The lowest BCUT2D eigenvalue weighted by molar-refractivity contribution is -0.238. The maximum absolute atomic E-state index is 12.2. The average Bonchev–Trinajstić information content (AvgIpc) is 3.59. The molecule has 2 aliphatic carbocycles. The van der Waals surface area contributed by atoms with Gasteiger partial charge in [-0.2, -0.15) is 0 Å². The minimum Gasteiger partial charge on any atom is -0.488 e. The Bertz CT molecular complexity index is 1480. The number of rotatable bonds is 8. The summed E-state index contributed by atoms with van der Waals surface area (Å²) in [5, 5.41) is 13.1. The van der Waals surface area contributed by atoms with E-state index in [4.69, 9.17) is 14.5 Å². The molecule has 2 aromatic carbocycles. The van der Waals surface area contributed by atoms with Crippen molar-refractivity contribution in [2.45, 2.75) is 46.8 Å². The molecular weight excluding hydrogens is 534 g/mol. The zero-order valence-electron chi connectivity index (χ0n) is 24.2. The highest BCUT2D eigenvalue weighted by Gasteiger charge is 2.78. The summed E-state index contributed by atoms with van der Waals surface area (Å²) in [5.41, 5.74) is 6.42. The van der Waals surface area contributed by atoms with E-state index in [-0.39, 0.29) is 11.3 Å². The molecule has 2 saturated heterocycles. The number of aromatic nitrogens is 1. The number of nitrogens with zero attached hydrogens (tertiary/aromatic N) is 3. The van der Waals surface area contributed by atoms with Gasteiger partial charge in [0.25, 0.3) is 0 Å². The van der Waals surface area contributed by atoms with Gasteiger partial charge in [-0.15, -0.1) is 11.3 Å². The van der Waals surface area contributed by atoms with E-state index in [1.165, 1.54) is 16.7 Å². The maximum atomic E-state index is 12.2. The number of carboxylic acids is 1. The van der Waals surface area contributed by atoms with E-state index in [0.717, 1.165) is 86.5 Å². The number of thiazole rings is 1. The van der Waals surface area contributed by atoms with Gasteiger partial charge in [0.05, 0.1) is 24.3 Å². The van der Waals surface area contributed by atoms with Crippen LogP contribution in [0.1, 0.15) is 42.0 Å². The summed E-state index contributed by atoms with van der Waals surface area (Å²) >= 11 is 1.65. The molecule has 0 bridgehead atoms. The first-order valence-electron chi connectivity index (χ1n) is 14.8. The van der Waals surface area contributed by atoms with Crippen LogP contribution in [0.5, 0.6) is 5.75 Å². The minimum atomic E-state index is -0.631. The number of aryl methyl sites for hydroxylation is 2. The minimum absolute atomic E-state index is 0.173. The molecular formula is C33H39N3O4S. The number of morpholine rings is 1. The molecule has 8 heteroatoms. The molecule has 1 N–H and O–H groups in total. The van der Waals surface area contributed by atoms with Crippen LogP contribution in [0.2, 0.25) is 0 Å². The highest BCUT2D eigenvalue weighted by atomic mass is 32.1. The van der Waals surface area contributed by atoms with Gasteiger partial charge in [-0.25, -0.2) is 4.98 Å². The zero-order chi connectivity index (χ0) is 28.4. The van der Waals surface area contributed by atoms with Gasteiger partial charge >= 0.3 is 5.97 Å². The molecule has 2 aliphatic heterocycles. The van der Waals surface area contributed by atoms with Gasteiger partial charge in [-0.1, -0.05) is 29.8 Å². The van der Waals surface area contributed by atoms with Gasteiger partial charge in [0.15, 0.2) is 5.13 Å². The maximum Gasteiger partial charge on any atom is 0.310 e. The van der Waals surface area contributed by atoms with Crippen LogP contribution in [0.25, 0.3) is 11.3 Å². The van der Waals surface area contributed by atoms with Crippen LogP contribution in [0.4, 0.5) is 5.13 Å². The fourth-order valence-electron chi connectivity index (χ4n) is 8.17. The fourth-order valence-corrected chi connectivity index (χ4v) is 9.00. The Morgan fingerprint density at radius 3 is 2.73 bits per heavy atom. The molecule has 0 amide bonds. The second-order valence-electron chi connectivity index (χ2n) is 12.8. The van der Waals surface area contributed by atoms with Crippen molar-refractivity contribution >= 4 is 22.4 Å². The predicted octanol–water partition coefficient (Wildman–Crippen LogP) is 5.78. The van der Waals surface area contributed by atoms with Crippen molar-refractivity contribution in [3.05, 3.63) is 64.0 Å². The van der Waals surface area contributed by atoms with E-state index < -0.39 is 11.4 Å². The van der Waals surface area contributed by atoms with Crippen molar-refractivity contribution in [1.29, 1.82) is 0 Å². The van der Waals surface area contributed by atoms with Gasteiger partial charge in [0.2, 0.25) is 0 Å². The van der Waals surface area contributed by atoms with Crippen molar-refractivity contribution in [1.82, 2.24) is 9.88 Å². The highest BCUT2D eigenvalue weighted by Crippen LogP contribution is 2.76. The molecule has 7 rings (SSSR count). The Hall–Kier alpha value is -2.94. The van der Waals surface area contributed by atoms with Crippen molar-refractivity contribution in [2.75, 3.05) is 44.3 Å². The van der Waals surface area contributed by atoms with Crippen LogP contribution < -0.4 is 9.64 Å². The van der Waals surface area contributed by atoms with Crippen molar-refractivity contribution in [2.24, 2.45) is 22.7 Å². The van der Waals surface area contributed by atoms with Gasteiger partial charge in [-0.05, 0) is 73.8 Å². The molecule has 216 valence electrons. The number of benzene rings is 2. The Morgan fingerprint density at radius 1 is 1.17 bits per heavy atom. The number of hydrogen-bond donors (Lipinski definition) is 1. The molecule has 4 aliphatic rings. The molecule has 3 aromatic rings. The van der Waals surface area contributed by atoms with E-state index in [0.29, 0.717) is 12.5 Å². The standard InChI is InChI=1S/C33H39N3O4S/c1-21-4-7-27(40-18-24-6-5-23(15-22(24)2)16-35-10-12-39-13-11-35)25(14-21)26-19-41-31(34-26)36-17-29-32(3,30(37)38)28-8-9-33(28,29)20-36/h4-7,14-15,19,28-29H,8-13,16-18,20H2,1-3H3,(H,37,38)/t28?,29?,32?,33-/m1/s1. The summed E-state index contributed by atoms with van der Waals surface area (Å²) in [6.07, 6.45) is 2.18. The lowest BCUT2D eigenvalue weighted by atomic mass is 9.32. The first-order valence-corrected chi connectivity index (χ1v) is 15.7. The molecule has 1 spiro atoms. The largest absolute Gasteiger partial charge is 0.488 e. The summed E-state index contributed by atoms with van der Waals surface area (Å²) in [6.45, 7) is 13.0. The highest BCUT2D eigenvalue weighted by molar-refractivity contribution is 7.14. The topological polar surface area (TPSA) is 75.1 Å². The third-order valence-corrected chi connectivity index (χ3v) is 11.5. The number of carbonyl (C=O) groups is 1. The van der Waals surface area contributed by atoms with Gasteiger partial charge in [-0.3, -0.25) is 9.69 Å². The monoisotopic (exact) mass is 573 g/mol. The van der Waals surface area contributed by atoms with Crippen molar-refractivity contribution < 1.29 is 19.4 Å². The Kier molecular flexibility index (Phi) is 6.64. The smallest absolute Gasteiger partial charge is 0.310 e. The Labute approximate surface area is 246 Å². The third kappa shape index (κ3) is 4.37. The number of ether oxygens (including phenoxy) is 2. The predicted molar refractivity (Wildman–Crippen MR) is 160 cm³/mol. The van der Waals surface area contributed by atoms with Crippen LogP contribution in [0.3, 0.4) is 0 Å². The molecule has 3 unspecified atom stereocenters. The third-order valence-electron chi connectivity index (χ3n) is 10.6. The molecule has 41 heavy (non-hydrogen) atoms. The van der Waals surface area contributed by atoms with E-state index >= 15 is 0 Å². The average molecular weight is 574 g/mol. The first-order chi connectivity index (χ1) is 19.8. The number of aliphatic carboxylic acids is 1. The van der Waals surface area contributed by atoms with Gasteiger partial charge < -0.3 is 19.5 Å². The lowest BCUT2D eigenvalue weighted by Gasteiger charge is -2.69. The molecule has 4 atom stereocenters. The molecule has 2 saturated carbocycles. The molecule has 3 heterocycles. The molecule has 0 radical (unpaired) electrons. The van der Waals surface area contributed by atoms with Crippen LogP contribution >= 0.6 is 11.3 Å². The molecule has 7 nitrogen and oxygen atoms in total. The summed E-state index contributed by atoms with van der Waals surface area (Å²) < 4.78 is 11.9. The second-order valence-corrected chi connectivity index (χ2v) is 13.6. The van der Waals surface area contributed by atoms with E-state index in [1.54, 1.807) is 11.3 Å². The zero-order valence-corrected chi connectivity index (χ0v) is 25.0. The van der Waals surface area contributed by atoms with Crippen LogP contribution in [0.15, 0.2) is 41.8 Å². The summed E-state index contributed by atoms with van der Waals surface area (Å²) in [4.78, 5) is 22.0. The van der Waals surface area contributed by atoms with E-state index in [2.05, 4.69) is 65.4 Å². The number of carboxylic acid groups (broad SMARTS) is 1. The Balaban J connectivity index is 1.06. The van der Waals surface area contributed by atoms with Crippen LogP contribution in [-0.2, 0) is 22.7 Å². The summed E-state index contributed by atoms with van der Waals surface area (Å²) in [7, 11) is 0. The summed E-state index contributed by atoms with van der Waals surface area (Å²) in [5.74, 6) is 0.713. The molecule has 4 fully saturated rings. The SMILES string of the molecule is Cc1ccc(OCc2ccc(CN3CCOCC3)cc2C)c(-c2csc(N3CC4C(C)(C(=O)O)C5CC[C@@]54C3)n2)c1. The number of anilines is 1. The molecule has 1 aromatic heterocycles. The normalized spacial score (nSPS) is 28.9. The Morgan fingerprint density at radius 2 is 2.00 bits per heavy atom. The van der Waals surface area contributed by atoms with Crippen LogP contribution in [0, 0.1) is 36.5 Å². The van der Waals surface area contributed by atoms with Crippen molar-refractivity contribution in [3.63, 3.8) is 0 Å².